The van der Waals surface area contributed by atoms with Crippen LogP contribution in [0.4, 0.5) is 0 Å². The molecule has 0 saturated carbocycles. The third-order valence-electron chi connectivity index (χ3n) is 2.81. The Kier molecular flexibility index (Phi) is 1.66. The van der Waals surface area contributed by atoms with E-state index in [-0.39, 0.29) is 0 Å². The Labute approximate surface area is 62.6 Å². The van der Waals surface area contributed by atoms with E-state index >= 15 is 0 Å². The van der Waals surface area contributed by atoms with Crippen molar-refractivity contribution in [1.29, 1.82) is 0 Å². The van der Waals surface area contributed by atoms with Gasteiger partial charge in [0.1, 0.15) is 0 Å². The molecule has 0 aromatic heterocycles. The summed E-state index contributed by atoms with van der Waals surface area (Å²) in [6, 6.07) is 0.866. The fourth-order valence-corrected chi connectivity index (χ4v) is 2.05. The smallest absolute Gasteiger partial charge is 0.0120 e. The van der Waals surface area contributed by atoms with Crippen molar-refractivity contribution in [3.8, 4) is 0 Å². The summed E-state index contributed by atoms with van der Waals surface area (Å²) in [7, 11) is 2.24. The minimum atomic E-state index is 0.866. The number of fused-ring (bicyclic) bond motifs is 1. The minimum Gasteiger partial charge on any atom is -0.313 e. The molecule has 2 unspecified atom stereocenters. The molecule has 2 aliphatic rings. The first-order valence-electron chi connectivity index (χ1n) is 4.28. The number of likely N-dealkylation sites (tertiary alicyclic amines) is 1. The van der Waals surface area contributed by atoms with Crippen LogP contribution in [0.1, 0.15) is 12.8 Å². The van der Waals surface area contributed by atoms with Crippen LogP contribution in [0.15, 0.2) is 0 Å². The third kappa shape index (κ3) is 1.06. The van der Waals surface area contributed by atoms with E-state index in [4.69, 9.17) is 0 Å². The zero-order chi connectivity index (χ0) is 6.97. The van der Waals surface area contributed by atoms with Crippen molar-refractivity contribution >= 4 is 0 Å². The van der Waals surface area contributed by atoms with Crippen LogP contribution >= 0.6 is 0 Å². The molecule has 0 bridgehead atoms. The Bertz CT molecular complexity index is 124. The average molecular weight is 140 g/mol. The lowest BCUT2D eigenvalue weighted by atomic mass is 9.89. The summed E-state index contributed by atoms with van der Waals surface area (Å²) >= 11 is 0. The van der Waals surface area contributed by atoms with Crippen molar-refractivity contribution in [3.05, 3.63) is 0 Å². The van der Waals surface area contributed by atoms with Crippen LogP contribution < -0.4 is 5.32 Å². The first-order valence-corrected chi connectivity index (χ1v) is 4.28. The molecule has 2 atom stereocenters. The van der Waals surface area contributed by atoms with Gasteiger partial charge in [0, 0.05) is 19.1 Å². The van der Waals surface area contributed by atoms with Gasteiger partial charge in [0.2, 0.25) is 0 Å². The molecular weight excluding hydrogens is 124 g/mol. The number of nitrogens with zero attached hydrogens (tertiary/aromatic N) is 1. The molecule has 1 N–H and O–H groups in total. The lowest BCUT2D eigenvalue weighted by Crippen LogP contribution is -2.54. The SMILES string of the molecule is CN1CCCC2NCC2C1. The zero-order valence-corrected chi connectivity index (χ0v) is 6.64. The first-order chi connectivity index (χ1) is 4.86. The molecule has 0 aromatic carbocycles. The monoisotopic (exact) mass is 140 g/mol. The molecule has 2 rings (SSSR count). The van der Waals surface area contributed by atoms with Crippen LogP contribution in [0.2, 0.25) is 0 Å². The molecule has 0 aliphatic carbocycles. The zero-order valence-electron chi connectivity index (χ0n) is 6.64. The van der Waals surface area contributed by atoms with Gasteiger partial charge in [-0.25, -0.2) is 0 Å². The lowest BCUT2D eigenvalue weighted by molar-refractivity contribution is 0.191. The summed E-state index contributed by atoms with van der Waals surface area (Å²) in [5.41, 5.74) is 0. The van der Waals surface area contributed by atoms with E-state index in [9.17, 15) is 0 Å². The van der Waals surface area contributed by atoms with Gasteiger partial charge in [-0.15, -0.1) is 0 Å². The number of hydrogen-bond donors (Lipinski definition) is 1. The molecule has 2 heterocycles. The van der Waals surface area contributed by atoms with E-state index in [0.29, 0.717) is 0 Å². The van der Waals surface area contributed by atoms with Crippen molar-refractivity contribution in [2.75, 3.05) is 26.7 Å². The molecule has 2 saturated heterocycles. The highest BCUT2D eigenvalue weighted by molar-refractivity contribution is 4.91. The Morgan fingerprint density at radius 2 is 2.40 bits per heavy atom. The summed E-state index contributed by atoms with van der Waals surface area (Å²) in [6.07, 6.45) is 2.78. The molecule has 0 aromatic rings. The van der Waals surface area contributed by atoms with Gasteiger partial charge in [-0.3, -0.25) is 0 Å². The highest BCUT2D eigenvalue weighted by Crippen LogP contribution is 2.21. The van der Waals surface area contributed by atoms with Crippen LogP contribution in [-0.4, -0.2) is 37.6 Å². The van der Waals surface area contributed by atoms with E-state index in [2.05, 4.69) is 17.3 Å². The van der Waals surface area contributed by atoms with Crippen LogP contribution in [0, 0.1) is 5.92 Å². The lowest BCUT2D eigenvalue weighted by Gasteiger charge is -2.37. The largest absolute Gasteiger partial charge is 0.313 e. The maximum Gasteiger partial charge on any atom is 0.0120 e. The maximum atomic E-state index is 3.48. The van der Waals surface area contributed by atoms with Crippen LogP contribution in [-0.2, 0) is 0 Å². The second kappa shape index (κ2) is 2.51. The van der Waals surface area contributed by atoms with Crippen molar-refractivity contribution in [2.45, 2.75) is 18.9 Å². The Hall–Kier alpha value is -0.0800. The normalized spacial score (nSPS) is 41.7. The Morgan fingerprint density at radius 1 is 1.50 bits per heavy atom. The predicted molar refractivity (Wildman–Crippen MR) is 42.0 cm³/mol. The van der Waals surface area contributed by atoms with Crippen LogP contribution in [0.5, 0.6) is 0 Å². The quantitative estimate of drug-likeness (QED) is 0.520. The van der Waals surface area contributed by atoms with E-state index in [0.717, 1.165) is 12.0 Å². The van der Waals surface area contributed by atoms with E-state index in [1.165, 1.54) is 32.5 Å². The van der Waals surface area contributed by atoms with Gasteiger partial charge >= 0.3 is 0 Å². The van der Waals surface area contributed by atoms with Gasteiger partial charge in [-0.1, -0.05) is 0 Å². The summed E-state index contributed by atoms with van der Waals surface area (Å²) in [6.45, 7) is 3.88. The van der Waals surface area contributed by atoms with Gasteiger partial charge in [0.15, 0.2) is 0 Å². The molecule has 10 heavy (non-hydrogen) atoms. The molecular formula is C8H16N2. The van der Waals surface area contributed by atoms with E-state index in [1.807, 2.05) is 0 Å². The van der Waals surface area contributed by atoms with Crippen molar-refractivity contribution in [2.24, 2.45) is 5.92 Å². The molecule has 2 nitrogen and oxygen atoms in total. The van der Waals surface area contributed by atoms with Gasteiger partial charge in [-0.05, 0) is 32.4 Å². The topological polar surface area (TPSA) is 15.3 Å². The molecule has 0 radical (unpaired) electrons. The highest BCUT2D eigenvalue weighted by atomic mass is 15.1. The standard InChI is InChI=1S/C8H16N2/c1-10-4-2-3-8-7(6-10)5-9-8/h7-9H,2-6H2,1H3. The second-order valence-electron chi connectivity index (χ2n) is 3.68. The number of nitrogens with one attached hydrogen (secondary N) is 1. The molecule has 58 valence electrons. The maximum absolute atomic E-state index is 3.48. The fraction of sp³-hybridized carbons (Fsp3) is 1.00. The van der Waals surface area contributed by atoms with E-state index < -0.39 is 0 Å². The van der Waals surface area contributed by atoms with E-state index in [1.54, 1.807) is 0 Å². The van der Waals surface area contributed by atoms with Gasteiger partial charge in [0.05, 0.1) is 0 Å². The van der Waals surface area contributed by atoms with Crippen molar-refractivity contribution in [3.63, 3.8) is 0 Å². The van der Waals surface area contributed by atoms with Crippen molar-refractivity contribution < 1.29 is 0 Å². The molecule has 0 amide bonds. The summed E-state index contributed by atoms with van der Waals surface area (Å²) < 4.78 is 0. The summed E-state index contributed by atoms with van der Waals surface area (Å²) in [4.78, 5) is 2.46. The Balaban J connectivity index is 1.93. The van der Waals surface area contributed by atoms with Crippen LogP contribution in [0.3, 0.4) is 0 Å². The van der Waals surface area contributed by atoms with Crippen LogP contribution in [0.25, 0.3) is 0 Å². The number of rotatable bonds is 0. The molecule has 0 spiro atoms. The molecule has 2 aliphatic heterocycles. The average Bonchev–Trinajstić information content (AvgIpc) is 1.99. The highest BCUT2D eigenvalue weighted by Gasteiger charge is 2.32. The molecule has 2 fully saturated rings. The predicted octanol–water partition coefficient (Wildman–Crippen LogP) is 0.300. The fourth-order valence-electron chi connectivity index (χ4n) is 2.05. The van der Waals surface area contributed by atoms with Gasteiger partial charge in [-0.2, -0.15) is 0 Å². The number of hydrogen-bond acceptors (Lipinski definition) is 2. The third-order valence-corrected chi connectivity index (χ3v) is 2.81. The van der Waals surface area contributed by atoms with Gasteiger partial charge < -0.3 is 10.2 Å². The van der Waals surface area contributed by atoms with Gasteiger partial charge in [0.25, 0.3) is 0 Å². The first kappa shape index (κ1) is 6.62. The Morgan fingerprint density at radius 3 is 3.10 bits per heavy atom. The molecule has 2 heteroatoms. The van der Waals surface area contributed by atoms with Crippen molar-refractivity contribution in [1.82, 2.24) is 10.2 Å². The summed E-state index contributed by atoms with van der Waals surface area (Å²) in [5.74, 6) is 0.965. The summed E-state index contributed by atoms with van der Waals surface area (Å²) in [5, 5.41) is 3.48. The minimum absolute atomic E-state index is 0.866. The second-order valence-corrected chi connectivity index (χ2v) is 3.68.